The summed E-state index contributed by atoms with van der Waals surface area (Å²) in [6.07, 6.45) is 6.58. The number of amides is 4. The van der Waals surface area contributed by atoms with E-state index in [9.17, 15) is 32.3 Å². The van der Waals surface area contributed by atoms with Crippen molar-refractivity contribution in [1.82, 2.24) is 50.3 Å². The second kappa shape index (κ2) is 18.3. The number of rotatable bonds is 12. The standard InChI is InChI=1S/C20H25F3N6O2.C18H24N6O2/c1-3-16(30)29-8-5-13(9-12(29)2)27-15-11-26-18-17(28-15)14(10-25-18)19(31)24-7-4-6-20(21,22)23;1-4-14(25)24-8-6-18(3,7-9-24)23-13-11-21-16-15(22-13)12(10-20-16)17(26)19-5-2/h3,10-13H,1,4-9H2,2H3,(H,24,31)(H,25,26)(H,27,28);4,10-11H,1,5-9H2,2-3H3,(H,19,26)(H,20,21)(H,22,23). The number of aromatic nitrogens is 6. The zero-order valence-electron chi connectivity index (χ0n) is 32.3. The van der Waals surface area contributed by atoms with Gasteiger partial charge >= 0.3 is 6.18 Å². The second-order valence-corrected chi connectivity index (χ2v) is 14.3. The van der Waals surface area contributed by atoms with Gasteiger partial charge in [0.15, 0.2) is 11.3 Å². The minimum atomic E-state index is -4.25. The van der Waals surface area contributed by atoms with Crippen molar-refractivity contribution in [2.24, 2.45) is 0 Å². The van der Waals surface area contributed by atoms with Crippen molar-refractivity contribution in [2.75, 3.05) is 43.4 Å². The molecular formula is C38H49F3N12O4. The van der Waals surface area contributed by atoms with Crippen LogP contribution in [-0.4, -0.2) is 120 Å². The summed E-state index contributed by atoms with van der Waals surface area (Å²) in [5.74, 6) is 0.294. The predicted molar refractivity (Wildman–Crippen MR) is 209 cm³/mol. The maximum absolute atomic E-state index is 12.4. The Morgan fingerprint density at radius 1 is 0.912 bits per heavy atom. The van der Waals surface area contributed by atoms with E-state index in [0.717, 1.165) is 25.7 Å². The fourth-order valence-corrected chi connectivity index (χ4v) is 6.84. The van der Waals surface area contributed by atoms with Gasteiger partial charge in [-0.3, -0.25) is 19.2 Å². The van der Waals surface area contributed by atoms with Gasteiger partial charge in [0.2, 0.25) is 11.8 Å². The molecule has 2 fully saturated rings. The molecule has 0 spiro atoms. The molecule has 306 valence electrons. The highest BCUT2D eigenvalue weighted by Gasteiger charge is 2.32. The van der Waals surface area contributed by atoms with Crippen molar-refractivity contribution in [1.29, 1.82) is 0 Å². The van der Waals surface area contributed by atoms with Gasteiger partial charge in [-0.05, 0) is 65.0 Å². The minimum absolute atomic E-state index is 0.0350. The lowest BCUT2D eigenvalue weighted by atomic mass is 9.89. The van der Waals surface area contributed by atoms with Crippen LogP contribution < -0.4 is 21.3 Å². The average Bonchev–Trinajstić information content (AvgIpc) is 3.80. The van der Waals surface area contributed by atoms with Gasteiger partial charge in [-0.2, -0.15) is 13.2 Å². The van der Waals surface area contributed by atoms with Crippen molar-refractivity contribution >= 4 is 57.6 Å². The number of hydrogen-bond acceptors (Lipinski definition) is 10. The lowest BCUT2D eigenvalue weighted by molar-refractivity contribution is -0.135. The van der Waals surface area contributed by atoms with Crippen LogP contribution >= 0.6 is 0 Å². The first-order valence-electron chi connectivity index (χ1n) is 18.8. The highest BCUT2D eigenvalue weighted by molar-refractivity contribution is 6.05. The molecule has 4 aromatic heterocycles. The topological polar surface area (TPSA) is 206 Å². The molecule has 4 amide bonds. The predicted octanol–water partition coefficient (Wildman–Crippen LogP) is 4.69. The normalized spacial score (nSPS) is 17.9. The number of aromatic amines is 2. The summed E-state index contributed by atoms with van der Waals surface area (Å²) in [5.41, 5.74) is 2.38. The van der Waals surface area contributed by atoms with Gasteiger partial charge in [0.05, 0.1) is 23.5 Å². The Kier molecular flexibility index (Phi) is 13.5. The van der Waals surface area contributed by atoms with E-state index < -0.39 is 18.5 Å². The second-order valence-electron chi connectivity index (χ2n) is 14.3. The number of alkyl halides is 3. The maximum Gasteiger partial charge on any atom is 0.389 e. The Hall–Kier alpha value is -6.01. The zero-order valence-corrected chi connectivity index (χ0v) is 32.3. The van der Waals surface area contributed by atoms with E-state index in [-0.39, 0.29) is 53.9 Å². The average molecular weight is 795 g/mol. The smallest absolute Gasteiger partial charge is 0.366 e. The first-order chi connectivity index (χ1) is 27.1. The van der Waals surface area contributed by atoms with Gasteiger partial charge in [0.1, 0.15) is 22.7 Å². The largest absolute Gasteiger partial charge is 0.389 e. The molecule has 2 aliphatic rings. The molecule has 16 nitrogen and oxygen atoms in total. The number of anilines is 2. The third-order valence-corrected chi connectivity index (χ3v) is 9.98. The number of fused-ring (bicyclic) bond motifs is 2. The van der Waals surface area contributed by atoms with E-state index in [1.54, 1.807) is 28.4 Å². The fourth-order valence-electron chi connectivity index (χ4n) is 6.84. The number of nitrogens with zero attached hydrogens (tertiary/aromatic N) is 6. The number of nitrogens with one attached hydrogen (secondary N) is 6. The third kappa shape index (κ3) is 10.9. The number of carbonyl (C=O) groups is 4. The van der Waals surface area contributed by atoms with E-state index in [4.69, 9.17) is 0 Å². The van der Waals surface area contributed by atoms with Crippen LogP contribution in [0.25, 0.3) is 22.3 Å². The van der Waals surface area contributed by atoms with Gasteiger partial charge in [0, 0.05) is 69.2 Å². The van der Waals surface area contributed by atoms with E-state index in [2.05, 4.69) is 71.3 Å². The highest BCUT2D eigenvalue weighted by Crippen LogP contribution is 2.28. The van der Waals surface area contributed by atoms with E-state index >= 15 is 0 Å². The molecule has 19 heteroatoms. The summed E-state index contributed by atoms with van der Waals surface area (Å²) in [6, 6.07) is 0.118. The van der Waals surface area contributed by atoms with E-state index in [1.807, 2.05) is 13.8 Å². The van der Waals surface area contributed by atoms with Crippen LogP contribution in [0.15, 0.2) is 50.1 Å². The van der Waals surface area contributed by atoms with Crippen LogP contribution in [-0.2, 0) is 9.59 Å². The van der Waals surface area contributed by atoms with Gasteiger partial charge in [-0.15, -0.1) is 0 Å². The van der Waals surface area contributed by atoms with Crippen LogP contribution in [0, 0.1) is 0 Å². The van der Waals surface area contributed by atoms with Crippen molar-refractivity contribution in [3.8, 4) is 0 Å². The first-order valence-corrected chi connectivity index (χ1v) is 18.8. The number of piperidine rings is 2. The molecular weight excluding hydrogens is 745 g/mol. The third-order valence-electron chi connectivity index (χ3n) is 9.98. The van der Waals surface area contributed by atoms with Crippen molar-refractivity contribution in [3.05, 3.63) is 61.2 Å². The summed E-state index contributed by atoms with van der Waals surface area (Å²) >= 11 is 0. The molecule has 6 rings (SSSR count). The monoisotopic (exact) mass is 794 g/mol. The summed E-state index contributed by atoms with van der Waals surface area (Å²) in [4.78, 5) is 75.2. The van der Waals surface area contributed by atoms with Crippen LogP contribution in [0.5, 0.6) is 0 Å². The Balaban J connectivity index is 0.000000221. The van der Waals surface area contributed by atoms with Crippen molar-refractivity contribution < 1.29 is 32.3 Å². The minimum Gasteiger partial charge on any atom is -0.366 e. The highest BCUT2D eigenvalue weighted by atomic mass is 19.4. The van der Waals surface area contributed by atoms with Gasteiger partial charge in [-0.25, -0.2) is 19.9 Å². The zero-order chi connectivity index (χ0) is 41.3. The summed E-state index contributed by atoms with van der Waals surface area (Å²) in [6.45, 7) is 15.4. The van der Waals surface area contributed by atoms with Crippen LogP contribution in [0.4, 0.5) is 24.8 Å². The first kappa shape index (κ1) is 42.1. The molecule has 0 aromatic carbocycles. The number of halogens is 3. The van der Waals surface area contributed by atoms with Crippen molar-refractivity contribution in [2.45, 2.75) is 83.1 Å². The lowest BCUT2D eigenvalue weighted by Gasteiger charge is -2.39. The van der Waals surface area contributed by atoms with Gasteiger partial charge in [0.25, 0.3) is 11.8 Å². The quantitative estimate of drug-likeness (QED) is 0.0862. The van der Waals surface area contributed by atoms with E-state index in [1.165, 1.54) is 18.3 Å². The van der Waals surface area contributed by atoms with E-state index in [0.29, 0.717) is 65.7 Å². The number of hydrogen-bond donors (Lipinski definition) is 6. The summed E-state index contributed by atoms with van der Waals surface area (Å²) in [7, 11) is 0. The Morgan fingerprint density at radius 3 is 2.05 bits per heavy atom. The molecule has 0 saturated carbocycles. The van der Waals surface area contributed by atoms with Crippen LogP contribution in [0.1, 0.15) is 80.0 Å². The molecule has 2 unspecified atom stereocenters. The molecule has 2 saturated heterocycles. The summed E-state index contributed by atoms with van der Waals surface area (Å²) in [5, 5.41) is 12.0. The van der Waals surface area contributed by atoms with Gasteiger partial charge in [-0.1, -0.05) is 13.2 Å². The summed E-state index contributed by atoms with van der Waals surface area (Å²) < 4.78 is 36.7. The number of likely N-dealkylation sites (tertiary alicyclic amines) is 2. The van der Waals surface area contributed by atoms with Crippen molar-refractivity contribution in [3.63, 3.8) is 0 Å². The lowest BCUT2D eigenvalue weighted by Crippen LogP contribution is -2.48. The molecule has 0 bridgehead atoms. The molecule has 2 aliphatic heterocycles. The molecule has 6 heterocycles. The molecule has 6 N–H and O–H groups in total. The SMILES string of the molecule is C=CC(=O)N1CCC(C)(Nc2cnc3[nH]cc(C(=O)NCC)c3n2)CC1.C=CC(=O)N1CCC(Nc2cnc3[nH]cc(C(=O)NCCCC(F)(F)F)c3n2)CC1C. The maximum atomic E-state index is 12.4. The molecule has 57 heavy (non-hydrogen) atoms. The Morgan fingerprint density at radius 2 is 1.49 bits per heavy atom. The Bertz CT molecular complexity index is 2090. The molecule has 0 radical (unpaired) electrons. The Labute approximate surface area is 327 Å². The number of H-pyrrole nitrogens is 2. The molecule has 2 atom stereocenters. The van der Waals surface area contributed by atoms with Crippen LogP contribution in [0.3, 0.4) is 0 Å². The molecule has 4 aromatic rings. The van der Waals surface area contributed by atoms with Crippen LogP contribution in [0.2, 0.25) is 0 Å². The molecule has 0 aliphatic carbocycles. The fraction of sp³-hybridized carbons (Fsp3) is 0.474. The van der Waals surface area contributed by atoms with Gasteiger partial charge < -0.3 is 41.0 Å². The number of carbonyl (C=O) groups excluding carboxylic acids is 4.